The summed E-state index contributed by atoms with van der Waals surface area (Å²) in [7, 11) is 5.62. The summed E-state index contributed by atoms with van der Waals surface area (Å²) in [6.07, 6.45) is 7.76. The number of carbonyl (C=O) groups is 1. The summed E-state index contributed by atoms with van der Waals surface area (Å²) in [5.74, 6) is 0.926. The molecule has 0 unspecified atom stereocenters. The van der Waals surface area contributed by atoms with Crippen molar-refractivity contribution in [3.05, 3.63) is 42.1 Å². The monoisotopic (exact) mass is 261 g/mol. The van der Waals surface area contributed by atoms with E-state index in [4.69, 9.17) is 4.74 Å². The average molecular weight is 261 g/mol. The summed E-state index contributed by atoms with van der Waals surface area (Å²) in [6.45, 7) is 0. The van der Waals surface area contributed by atoms with E-state index in [2.05, 4.69) is 6.08 Å². The Morgan fingerprint density at radius 2 is 2.11 bits per heavy atom. The first-order chi connectivity index (χ1) is 9.13. The van der Waals surface area contributed by atoms with Gasteiger partial charge in [-0.2, -0.15) is 0 Å². The van der Waals surface area contributed by atoms with E-state index in [1.807, 2.05) is 43.4 Å². The van der Waals surface area contributed by atoms with Crippen LogP contribution in [-0.4, -0.2) is 31.9 Å². The predicted molar refractivity (Wildman–Crippen MR) is 78.6 cm³/mol. The zero-order chi connectivity index (χ0) is 14.1. The minimum Gasteiger partial charge on any atom is -0.497 e. The van der Waals surface area contributed by atoms with Crippen LogP contribution in [0.15, 0.2) is 36.5 Å². The van der Waals surface area contributed by atoms with Crippen LogP contribution in [-0.2, 0) is 0 Å². The highest BCUT2D eigenvalue weighted by molar-refractivity contribution is 5.96. The van der Waals surface area contributed by atoms with Crippen LogP contribution in [0.3, 0.4) is 0 Å². The maximum Gasteiger partial charge on any atom is 0.163 e. The summed E-state index contributed by atoms with van der Waals surface area (Å²) in [6, 6.07) is 7.35. The third kappa shape index (κ3) is 6.09. The van der Waals surface area contributed by atoms with Crippen molar-refractivity contribution < 1.29 is 9.53 Å². The van der Waals surface area contributed by atoms with Gasteiger partial charge in [-0.25, -0.2) is 0 Å². The maximum atomic E-state index is 12.0. The number of methoxy groups -OCH3 is 1. The molecule has 0 amide bonds. The van der Waals surface area contributed by atoms with Gasteiger partial charge < -0.3 is 9.64 Å². The van der Waals surface area contributed by atoms with Gasteiger partial charge in [-0.1, -0.05) is 18.2 Å². The molecule has 3 nitrogen and oxygen atoms in total. The minimum atomic E-state index is 0.190. The molecule has 0 aliphatic carbocycles. The highest BCUT2D eigenvalue weighted by Gasteiger charge is 2.06. The van der Waals surface area contributed by atoms with E-state index >= 15 is 0 Å². The van der Waals surface area contributed by atoms with Crippen molar-refractivity contribution in [2.75, 3.05) is 21.2 Å². The molecule has 19 heavy (non-hydrogen) atoms. The van der Waals surface area contributed by atoms with Crippen molar-refractivity contribution in [1.29, 1.82) is 0 Å². The molecule has 0 heterocycles. The first-order valence-electron chi connectivity index (χ1n) is 6.64. The van der Waals surface area contributed by atoms with Crippen LogP contribution in [0.2, 0.25) is 0 Å². The van der Waals surface area contributed by atoms with Gasteiger partial charge in [0.05, 0.1) is 7.11 Å². The number of Topliss-reactive ketones (excluding diaryl/α,β-unsaturated/α-hetero) is 1. The Kier molecular flexibility index (Phi) is 6.72. The molecule has 0 N–H and O–H groups in total. The molecule has 104 valence electrons. The minimum absolute atomic E-state index is 0.190. The fourth-order valence-corrected chi connectivity index (χ4v) is 1.77. The van der Waals surface area contributed by atoms with E-state index in [1.165, 1.54) is 0 Å². The van der Waals surface area contributed by atoms with Crippen LogP contribution in [0.1, 0.15) is 36.0 Å². The molecule has 0 aliphatic heterocycles. The maximum absolute atomic E-state index is 12.0. The fourth-order valence-electron chi connectivity index (χ4n) is 1.77. The van der Waals surface area contributed by atoms with Crippen molar-refractivity contribution in [2.24, 2.45) is 0 Å². The Bertz CT molecular complexity index is 425. The number of allylic oxidation sites excluding steroid dienone is 1. The van der Waals surface area contributed by atoms with Crippen LogP contribution < -0.4 is 4.74 Å². The van der Waals surface area contributed by atoms with Crippen molar-refractivity contribution >= 4 is 5.78 Å². The standard InChI is InChI=1S/C16H23NO2/c1-17(2)12-7-5-4-6-11-16(18)14-9-8-10-15(13-14)19-3/h7-10,12-13H,4-6,11H2,1-3H3/b12-7-. The third-order valence-electron chi connectivity index (χ3n) is 2.82. The molecule has 0 saturated heterocycles. The van der Waals surface area contributed by atoms with Gasteiger partial charge in [-0.05, 0) is 37.6 Å². The van der Waals surface area contributed by atoms with E-state index in [9.17, 15) is 4.79 Å². The van der Waals surface area contributed by atoms with Crippen LogP contribution in [0.4, 0.5) is 0 Å². The molecule has 0 bridgehead atoms. The molecule has 3 heteroatoms. The van der Waals surface area contributed by atoms with Gasteiger partial charge in [0.1, 0.15) is 5.75 Å². The molecule has 0 saturated carbocycles. The number of ketones is 1. The van der Waals surface area contributed by atoms with Crippen molar-refractivity contribution in [3.63, 3.8) is 0 Å². The number of rotatable bonds is 8. The molecule has 0 atom stereocenters. The van der Waals surface area contributed by atoms with Crippen LogP contribution in [0.5, 0.6) is 5.75 Å². The molecule has 0 radical (unpaired) electrons. The Labute approximate surface area is 115 Å². The van der Waals surface area contributed by atoms with Gasteiger partial charge in [0.25, 0.3) is 0 Å². The highest BCUT2D eigenvalue weighted by Crippen LogP contribution is 2.15. The zero-order valence-electron chi connectivity index (χ0n) is 12.1. The van der Waals surface area contributed by atoms with E-state index in [-0.39, 0.29) is 5.78 Å². The van der Waals surface area contributed by atoms with E-state index < -0.39 is 0 Å². The normalized spacial score (nSPS) is 10.7. The third-order valence-corrected chi connectivity index (χ3v) is 2.82. The Morgan fingerprint density at radius 3 is 2.79 bits per heavy atom. The molecule has 0 aliphatic rings. The van der Waals surface area contributed by atoms with Crippen molar-refractivity contribution in [2.45, 2.75) is 25.7 Å². The largest absolute Gasteiger partial charge is 0.497 e. The quantitative estimate of drug-likeness (QED) is 0.530. The summed E-state index contributed by atoms with van der Waals surface area (Å²) < 4.78 is 5.12. The topological polar surface area (TPSA) is 29.5 Å². The molecular weight excluding hydrogens is 238 g/mol. The van der Waals surface area contributed by atoms with E-state index in [1.54, 1.807) is 13.2 Å². The lowest BCUT2D eigenvalue weighted by atomic mass is 10.0. The number of ether oxygens (including phenoxy) is 1. The number of nitrogens with zero attached hydrogens (tertiary/aromatic N) is 1. The first-order valence-corrected chi connectivity index (χ1v) is 6.64. The molecule has 1 aromatic carbocycles. The van der Waals surface area contributed by atoms with Crippen LogP contribution in [0.25, 0.3) is 0 Å². The molecule has 0 fully saturated rings. The molecule has 0 spiro atoms. The first kappa shape index (κ1) is 15.3. The van der Waals surface area contributed by atoms with Gasteiger partial charge in [0.15, 0.2) is 5.78 Å². The number of unbranched alkanes of at least 4 members (excludes halogenated alkanes) is 2. The molecular formula is C16H23NO2. The van der Waals surface area contributed by atoms with Gasteiger partial charge in [0.2, 0.25) is 0 Å². The molecule has 0 aromatic heterocycles. The number of carbonyl (C=O) groups excluding carboxylic acids is 1. The van der Waals surface area contributed by atoms with Gasteiger partial charge in [-0.15, -0.1) is 0 Å². The van der Waals surface area contributed by atoms with Gasteiger partial charge in [-0.3, -0.25) is 4.79 Å². The number of benzene rings is 1. The number of hydrogen-bond donors (Lipinski definition) is 0. The second-order valence-corrected chi connectivity index (χ2v) is 4.75. The van der Waals surface area contributed by atoms with Crippen molar-refractivity contribution in [1.82, 2.24) is 4.90 Å². The summed E-state index contributed by atoms with van der Waals surface area (Å²) in [5, 5.41) is 0. The van der Waals surface area contributed by atoms with Gasteiger partial charge >= 0.3 is 0 Å². The SMILES string of the molecule is COc1cccc(C(=O)CCCC/C=C\N(C)C)c1. The lowest BCUT2D eigenvalue weighted by Gasteiger charge is -2.04. The molecule has 1 rings (SSSR count). The predicted octanol–water partition coefficient (Wildman–Crippen LogP) is 3.51. The summed E-state index contributed by atoms with van der Waals surface area (Å²) >= 11 is 0. The van der Waals surface area contributed by atoms with Gasteiger partial charge in [0, 0.05) is 26.1 Å². The Morgan fingerprint density at radius 1 is 1.32 bits per heavy atom. The van der Waals surface area contributed by atoms with E-state index in [0.717, 1.165) is 30.6 Å². The average Bonchev–Trinajstić information content (AvgIpc) is 2.42. The number of hydrogen-bond acceptors (Lipinski definition) is 3. The van der Waals surface area contributed by atoms with Crippen LogP contribution in [0, 0.1) is 0 Å². The summed E-state index contributed by atoms with van der Waals surface area (Å²) in [4.78, 5) is 14.0. The highest BCUT2D eigenvalue weighted by atomic mass is 16.5. The summed E-state index contributed by atoms with van der Waals surface area (Å²) in [5.41, 5.74) is 0.739. The Balaban J connectivity index is 2.31. The smallest absolute Gasteiger partial charge is 0.163 e. The second-order valence-electron chi connectivity index (χ2n) is 4.75. The van der Waals surface area contributed by atoms with Crippen molar-refractivity contribution in [3.8, 4) is 5.75 Å². The molecule has 1 aromatic rings. The lowest BCUT2D eigenvalue weighted by molar-refractivity contribution is 0.0979. The fraction of sp³-hybridized carbons (Fsp3) is 0.438. The van der Waals surface area contributed by atoms with Crippen LogP contribution >= 0.6 is 0 Å². The van der Waals surface area contributed by atoms with E-state index in [0.29, 0.717) is 6.42 Å². The zero-order valence-corrected chi connectivity index (χ0v) is 12.1. The Hall–Kier alpha value is -1.77. The second kappa shape index (κ2) is 8.35. The lowest BCUT2D eigenvalue weighted by Crippen LogP contribution is -2.00.